The predicted molar refractivity (Wildman–Crippen MR) is 84.2 cm³/mol. The molecule has 0 unspecified atom stereocenters. The van der Waals surface area contributed by atoms with Gasteiger partial charge in [-0.25, -0.2) is 9.97 Å². The second kappa shape index (κ2) is 4.84. The molecule has 0 saturated heterocycles. The lowest BCUT2D eigenvalue weighted by atomic mass is 10.1. The van der Waals surface area contributed by atoms with Crippen LogP contribution in [0.1, 0.15) is 28.2 Å². The van der Waals surface area contributed by atoms with Gasteiger partial charge in [-0.2, -0.15) is 0 Å². The van der Waals surface area contributed by atoms with Crippen LogP contribution in [-0.2, 0) is 6.54 Å². The standard InChI is InChI=1S/C16H19N5/c1-9-7-18-6-5-13(9)8-21-11(3)10(2)14-15(17)19-12(4)20-16(14)21/h5-7H,8H2,1-4H3,(H2,17,19,20). The minimum atomic E-state index is 0.559. The van der Waals surface area contributed by atoms with E-state index in [-0.39, 0.29) is 0 Å². The Hall–Kier alpha value is -2.43. The smallest absolute Gasteiger partial charge is 0.146 e. The Labute approximate surface area is 123 Å². The van der Waals surface area contributed by atoms with Crippen LogP contribution in [0.4, 0.5) is 5.82 Å². The first kappa shape index (κ1) is 13.5. The third-order valence-electron chi connectivity index (χ3n) is 4.07. The van der Waals surface area contributed by atoms with Gasteiger partial charge in [0, 0.05) is 24.6 Å². The van der Waals surface area contributed by atoms with E-state index in [4.69, 9.17) is 5.73 Å². The van der Waals surface area contributed by atoms with E-state index in [1.54, 1.807) is 0 Å². The van der Waals surface area contributed by atoms with Gasteiger partial charge >= 0.3 is 0 Å². The van der Waals surface area contributed by atoms with Crippen LogP contribution in [0, 0.1) is 27.7 Å². The summed E-state index contributed by atoms with van der Waals surface area (Å²) in [6.45, 7) is 8.88. The van der Waals surface area contributed by atoms with Crippen LogP contribution < -0.4 is 5.73 Å². The SMILES string of the molecule is Cc1nc(N)c2c(C)c(C)n(Cc3ccncc3C)c2n1. The van der Waals surface area contributed by atoms with Gasteiger partial charge in [-0.3, -0.25) is 4.98 Å². The molecule has 0 bridgehead atoms. The van der Waals surface area contributed by atoms with Crippen molar-refractivity contribution in [2.45, 2.75) is 34.2 Å². The van der Waals surface area contributed by atoms with Crippen molar-refractivity contribution in [3.05, 3.63) is 46.7 Å². The van der Waals surface area contributed by atoms with Crippen molar-refractivity contribution >= 4 is 16.9 Å². The molecule has 0 radical (unpaired) electrons. The van der Waals surface area contributed by atoms with Crippen molar-refractivity contribution in [1.29, 1.82) is 0 Å². The molecule has 0 aliphatic carbocycles. The minimum Gasteiger partial charge on any atom is -0.383 e. The predicted octanol–water partition coefficient (Wildman–Crippen LogP) is 2.69. The van der Waals surface area contributed by atoms with Crippen LogP contribution in [0.15, 0.2) is 18.5 Å². The Morgan fingerprint density at radius 1 is 1.14 bits per heavy atom. The molecule has 0 saturated carbocycles. The van der Waals surface area contributed by atoms with Crippen molar-refractivity contribution < 1.29 is 0 Å². The van der Waals surface area contributed by atoms with Gasteiger partial charge < -0.3 is 10.3 Å². The zero-order chi connectivity index (χ0) is 15.1. The molecule has 0 aromatic carbocycles. The molecule has 0 amide bonds. The Morgan fingerprint density at radius 3 is 2.62 bits per heavy atom. The highest BCUT2D eigenvalue weighted by atomic mass is 15.1. The van der Waals surface area contributed by atoms with Crippen LogP contribution in [0.25, 0.3) is 11.0 Å². The molecule has 0 atom stereocenters. The summed E-state index contributed by atoms with van der Waals surface area (Å²) in [7, 11) is 0. The second-order valence-electron chi connectivity index (χ2n) is 5.45. The summed E-state index contributed by atoms with van der Waals surface area (Å²) >= 11 is 0. The van der Waals surface area contributed by atoms with Crippen LogP contribution in [0.2, 0.25) is 0 Å². The zero-order valence-electron chi connectivity index (χ0n) is 12.8. The first-order valence-electron chi connectivity index (χ1n) is 6.98. The lowest BCUT2D eigenvalue weighted by Gasteiger charge is -2.10. The molecule has 0 aliphatic rings. The minimum absolute atomic E-state index is 0.559. The quantitative estimate of drug-likeness (QED) is 0.784. The number of nitrogen functional groups attached to an aromatic ring is 1. The summed E-state index contributed by atoms with van der Waals surface area (Å²) in [4.78, 5) is 13.0. The van der Waals surface area contributed by atoms with Crippen LogP contribution in [0.5, 0.6) is 0 Å². The number of pyridine rings is 1. The van der Waals surface area contributed by atoms with Crippen molar-refractivity contribution in [3.63, 3.8) is 0 Å². The maximum Gasteiger partial charge on any atom is 0.146 e. The van der Waals surface area contributed by atoms with Gasteiger partial charge in [0.05, 0.1) is 5.39 Å². The molecule has 3 aromatic rings. The molecular formula is C16H19N5. The van der Waals surface area contributed by atoms with Crippen LogP contribution >= 0.6 is 0 Å². The van der Waals surface area contributed by atoms with E-state index in [0.29, 0.717) is 11.6 Å². The second-order valence-corrected chi connectivity index (χ2v) is 5.45. The van der Waals surface area contributed by atoms with E-state index in [0.717, 1.165) is 23.1 Å². The lowest BCUT2D eigenvalue weighted by molar-refractivity contribution is 0.781. The maximum atomic E-state index is 6.09. The summed E-state index contributed by atoms with van der Waals surface area (Å²) in [6.07, 6.45) is 3.71. The largest absolute Gasteiger partial charge is 0.383 e. The van der Waals surface area contributed by atoms with E-state index in [1.165, 1.54) is 16.8 Å². The molecule has 5 heteroatoms. The number of hydrogen-bond acceptors (Lipinski definition) is 4. The Balaban J connectivity index is 2.23. The average molecular weight is 281 g/mol. The van der Waals surface area contributed by atoms with Gasteiger partial charge in [-0.1, -0.05) is 0 Å². The summed E-state index contributed by atoms with van der Waals surface area (Å²) in [6, 6.07) is 2.05. The third-order valence-corrected chi connectivity index (χ3v) is 4.07. The first-order valence-corrected chi connectivity index (χ1v) is 6.98. The van der Waals surface area contributed by atoms with Gasteiger partial charge in [0.2, 0.25) is 0 Å². The summed E-state index contributed by atoms with van der Waals surface area (Å²) < 4.78 is 2.21. The Kier molecular flexibility index (Phi) is 3.12. The van der Waals surface area contributed by atoms with E-state index in [1.807, 2.05) is 25.4 Å². The Bertz CT molecular complexity index is 832. The van der Waals surface area contributed by atoms with Crippen molar-refractivity contribution in [2.75, 3.05) is 5.73 Å². The van der Waals surface area contributed by atoms with E-state index in [9.17, 15) is 0 Å². The molecule has 3 aromatic heterocycles. The molecule has 2 N–H and O–H groups in total. The molecule has 5 nitrogen and oxygen atoms in total. The lowest BCUT2D eigenvalue weighted by Crippen LogP contribution is -2.06. The summed E-state index contributed by atoms with van der Waals surface area (Å²) in [5, 5.41) is 0.963. The monoisotopic (exact) mass is 281 g/mol. The highest BCUT2D eigenvalue weighted by Gasteiger charge is 2.16. The van der Waals surface area contributed by atoms with Gasteiger partial charge in [0.1, 0.15) is 17.3 Å². The molecular weight excluding hydrogens is 262 g/mol. The summed E-state index contributed by atoms with van der Waals surface area (Å²) in [5.41, 5.74) is 11.7. The number of aryl methyl sites for hydroxylation is 3. The van der Waals surface area contributed by atoms with Gasteiger partial charge in [0.25, 0.3) is 0 Å². The molecule has 0 aliphatic heterocycles. The number of anilines is 1. The first-order chi connectivity index (χ1) is 9.99. The molecule has 3 heterocycles. The fourth-order valence-electron chi connectivity index (χ4n) is 2.72. The fraction of sp³-hybridized carbons (Fsp3) is 0.312. The molecule has 3 rings (SSSR count). The molecule has 21 heavy (non-hydrogen) atoms. The molecule has 0 spiro atoms. The highest BCUT2D eigenvalue weighted by molar-refractivity contribution is 5.91. The topological polar surface area (TPSA) is 69.6 Å². The van der Waals surface area contributed by atoms with Gasteiger partial charge in [-0.05, 0) is 50.5 Å². The zero-order valence-corrected chi connectivity index (χ0v) is 12.8. The van der Waals surface area contributed by atoms with E-state index in [2.05, 4.69) is 40.3 Å². The van der Waals surface area contributed by atoms with Crippen LogP contribution in [0.3, 0.4) is 0 Å². The maximum absolute atomic E-state index is 6.09. The van der Waals surface area contributed by atoms with Crippen molar-refractivity contribution in [1.82, 2.24) is 19.5 Å². The normalized spacial score (nSPS) is 11.2. The summed E-state index contributed by atoms with van der Waals surface area (Å²) in [5.74, 6) is 1.26. The molecule has 108 valence electrons. The number of hydrogen-bond donors (Lipinski definition) is 1. The van der Waals surface area contributed by atoms with Gasteiger partial charge in [0.15, 0.2) is 0 Å². The van der Waals surface area contributed by atoms with Crippen molar-refractivity contribution in [3.8, 4) is 0 Å². The van der Waals surface area contributed by atoms with Crippen LogP contribution in [-0.4, -0.2) is 19.5 Å². The number of nitrogens with two attached hydrogens (primary N) is 1. The Morgan fingerprint density at radius 2 is 1.90 bits per heavy atom. The fourth-order valence-corrected chi connectivity index (χ4v) is 2.72. The third kappa shape index (κ3) is 2.14. The number of rotatable bonds is 2. The number of nitrogens with zero attached hydrogens (tertiary/aromatic N) is 4. The molecule has 0 fully saturated rings. The van der Waals surface area contributed by atoms with Gasteiger partial charge in [-0.15, -0.1) is 0 Å². The number of fused-ring (bicyclic) bond motifs is 1. The average Bonchev–Trinajstić information content (AvgIpc) is 2.66. The number of aromatic nitrogens is 4. The van der Waals surface area contributed by atoms with E-state index < -0.39 is 0 Å². The van der Waals surface area contributed by atoms with Crippen molar-refractivity contribution in [2.24, 2.45) is 0 Å². The highest BCUT2D eigenvalue weighted by Crippen LogP contribution is 2.28. The van der Waals surface area contributed by atoms with E-state index >= 15 is 0 Å².